The third-order valence-corrected chi connectivity index (χ3v) is 4.36. The fourth-order valence-corrected chi connectivity index (χ4v) is 2.75. The Labute approximate surface area is 133 Å². The number of nitrogens with zero attached hydrogens (tertiary/aromatic N) is 1. The van der Waals surface area contributed by atoms with Gasteiger partial charge in [-0.3, -0.25) is 4.79 Å². The van der Waals surface area contributed by atoms with Crippen molar-refractivity contribution in [2.24, 2.45) is 0 Å². The van der Waals surface area contributed by atoms with Gasteiger partial charge in [-0.2, -0.15) is 0 Å². The van der Waals surface area contributed by atoms with Gasteiger partial charge in [0.25, 0.3) is 0 Å². The minimum absolute atomic E-state index is 0. The van der Waals surface area contributed by atoms with Gasteiger partial charge < -0.3 is 15.0 Å². The highest BCUT2D eigenvalue weighted by Crippen LogP contribution is 2.02. The van der Waals surface area contributed by atoms with Crippen LogP contribution >= 0.6 is 12.4 Å². The van der Waals surface area contributed by atoms with Crippen molar-refractivity contribution in [2.45, 2.75) is 32.9 Å². The summed E-state index contributed by atoms with van der Waals surface area (Å²) in [4.78, 5) is 13.7. The third-order valence-electron chi connectivity index (χ3n) is 3.07. The lowest BCUT2D eigenvalue weighted by atomic mass is 10.2. The summed E-state index contributed by atoms with van der Waals surface area (Å²) in [6, 6.07) is 0.0880. The summed E-state index contributed by atoms with van der Waals surface area (Å²) in [7, 11) is -3.47. The molecule has 1 fully saturated rings. The summed E-state index contributed by atoms with van der Waals surface area (Å²) in [5.74, 6) is -0.317. The monoisotopic (exact) mass is 343 g/mol. The highest BCUT2D eigenvalue weighted by atomic mass is 35.5. The zero-order valence-electron chi connectivity index (χ0n) is 12.8. The molecular weight excluding hydrogens is 318 g/mol. The van der Waals surface area contributed by atoms with Crippen LogP contribution in [0.25, 0.3) is 0 Å². The van der Waals surface area contributed by atoms with Crippen molar-refractivity contribution in [1.82, 2.24) is 14.9 Å². The van der Waals surface area contributed by atoms with Crippen molar-refractivity contribution in [3.63, 3.8) is 0 Å². The van der Waals surface area contributed by atoms with Gasteiger partial charge in [0.05, 0.1) is 25.0 Å². The lowest BCUT2D eigenvalue weighted by Crippen LogP contribution is -2.54. The predicted octanol–water partition coefficient (Wildman–Crippen LogP) is -0.427. The van der Waals surface area contributed by atoms with E-state index in [1.54, 1.807) is 4.90 Å². The second kappa shape index (κ2) is 9.58. The Morgan fingerprint density at radius 3 is 2.71 bits per heavy atom. The number of hydrogen-bond acceptors (Lipinski definition) is 5. The highest BCUT2D eigenvalue weighted by Gasteiger charge is 2.23. The number of hydrogen-bond donors (Lipinski definition) is 2. The molecule has 0 unspecified atom stereocenters. The molecule has 0 aromatic carbocycles. The number of carbonyl (C=O) groups excluding carboxylic acids is 1. The zero-order valence-corrected chi connectivity index (χ0v) is 14.4. The minimum atomic E-state index is -3.47. The second-order valence-electron chi connectivity index (χ2n) is 5.20. The molecular formula is C12H26ClN3O4S. The summed E-state index contributed by atoms with van der Waals surface area (Å²) >= 11 is 0. The first-order valence-electron chi connectivity index (χ1n) is 6.91. The van der Waals surface area contributed by atoms with Gasteiger partial charge in [0, 0.05) is 25.7 Å². The van der Waals surface area contributed by atoms with Gasteiger partial charge in [-0.1, -0.05) is 0 Å². The van der Waals surface area contributed by atoms with E-state index in [1.807, 2.05) is 20.8 Å². The van der Waals surface area contributed by atoms with E-state index in [-0.39, 0.29) is 49.4 Å². The Balaban J connectivity index is 0.00000400. The SMILES string of the molecule is CC(C)OCCS(=O)(=O)NCC(=O)N1CCNC[C@@H]1C.Cl. The molecule has 1 amide bonds. The molecule has 9 heteroatoms. The van der Waals surface area contributed by atoms with Crippen molar-refractivity contribution in [3.05, 3.63) is 0 Å². The average Bonchev–Trinajstić information content (AvgIpc) is 2.36. The fourth-order valence-electron chi connectivity index (χ4n) is 1.95. The largest absolute Gasteiger partial charge is 0.378 e. The molecule has 1 saturated heterocycles. The second-order valence-corrected chi connectivity index (χ2v) is 7.13. The Hall–Kier alpha value is -0.410. The van der Waals surface area contributed by atoms with Gasteiger partial charge in [0.15, 0.2) is 0 Å². The molecule has 0 spiro atoms. The number of amides is 1. The maximum Gasteiger partial charge on any atom is 0.237 e. The number of nitrogens with one attached hydrogen (secondary N) is 2. The molecule has 2 N–H and O–H groups in total. The summed E-state index contributed by atoms with van der Waals surface area (Å²) in [6.07, 6.45) is -0.00599. The Morgan fingerprint density at radius 1 is 1.48 bits per heavy atom. The molecule has 1 atom stereocenters. The number of ether oxygens (including phenoxy) is 1. The smallest absolute Gasteiger partial charge is 0.237 e. The average molecular weight is 344 g/mol. The van der Waals surface area contributed by atoms with Crippen molar-refractivity contribution < 1.29 is 17.9 Å². The van der Waals surface area contributed by atoms with Crippen LogP contribution in [0.1, 0.15) is 20.8 Å². The molecule has 0 aromatic heterocycles. The van der Waals surface area contributed by atoms with E-state index in [1.165, 1.54) is 0 Å². The molecule has 1 aliphatic rings. The molecule has 0 bridgehead atoms. The molecule has 21 heavy (non-hydrogen) atoms. The number of rotatable bonds is 7. The van der Waals surface area contributed by atoms with Crippen LogP contribution in [0.3, 0.4) is 0 Å². The van der Waals surface area contributed by atoms with Crippen LogP contribution in [-0.4, -0.2) is 69.9 Å². The van der Waals surface area contributed by atoms with E-state index >= 15 is 0 Å². The van der Waals surface area contributed by atoms with Crippen molar-refractivity contribution >= 4 is 28.3 Å². The first-order valence-corrected chi connectivity index (χ1v) is 8.56. The minimum Gasteiger partial charge on any atom is -0.378 e. The van der Waals surface area contributed by atoms with E-state index in [4.69, 9.17) is 4.74 Å². The molecule has 126 valence electrons. The Morgan fingerprint density at radius 2 is 2.14 bits per heavy atom. The van der Waals surface area contributed by atoms with Crippen LogP contribution in [0.5, 0.6) is 0 Å². The number of piperazine rings is 1. The molecule has 1 aliphatic heterocycles. The van der Waals surface area contributed by atoms with Crippen molar-refractivity contribution in [1.29, 1.82) is 0 Å². The number of sulfonamides is 1. The first-order chi connectivity index (χ1) is 9.32. The predicted molar refractivity (Wildman–Crippen MR) is 84.2 cm³/mol. The van der Waals surface area contributed by atoms with Gasteiger partial charge in [0.1, 0.15) is 0 Å². The summed E-state index contributed by atoms with van der Waals surface area (Å²) < 4.78 is 30.9. The van der Waals surface area contributed by atoms with Gasteiger partial charge in [-0.25, -0.2) is 13.1 Å². The van der Waals surface area contributed by atoms with Crippen LogP contribution in [0.4, 0.5) is 0 Å². The van der Waals surface area contributed by atoms with Crippen molar-refractivity contribution in [2.75, 3.05) is 38.5 Å². The molecule has 0 radical (unpaired) electrons. The van der Waals surface area contributed by atoms with Crippen LogP contribution in [0, 0.1) is 0 Å². The third kappa shape index (κ3) is 7.96. The van der Waals surface area contributed by atoms with E-state index in [0.717, 1.165) is 13.1 Å². The van der Waals surface area contributed by atoms with Gasteiger partial charge >= 0.3 is 0 Å². The molecule has 0 aliphatic carbocycles. The summed E-state index contributed by atoms with van der Waals surface area (Å²) in [5.41, 5.74) is 0. The molecule has 0 saturated carbocycles. The zero-order chi connectivity index (χ0) is 15.2. The fraction of sp³-hybridized carbons (Fsp3) is 0.917. The highest BCUT2D eigenvalue weighted by molar-refractivity contribution is 7.89. The summed E-state index contributed by atoms with van der Waals surface area (Å²) in [6.45, 7) is 7.66. The van der Waals surface area contributed by atoms with Crippen LogP contribution in [0.15, 0.2) is 0 Å². The molecule has 7 nitrogen and oxygen atoms in total. The normalized spacial score (nSPS) is 19.4. The van der Waals surface area contributed by atoms with Crippen LogP contribution < -0.4 is 10.0 Å². The number of carbonyl (C=O) groups is 1. The van der Waals surface area contributed by atoms with Crippen molar-refractivity contribution in [3.8, 4) is 0 Å². The van der Waals surface area contributed by atoms with Crippen LogP contribution in [-0.2, 0) is 19.6 Å². The lowest BCUT2D eigenvalue weighted by Gasteiger charge is -2.34. The van der Waals surface area contributed by atoms with E-state index in [9.17, 15) is 13.2 Å². The molecule has 0 aromatic rings. The molecule has 1 heterocycles. The maximum atomic E-state index is 12.0. The van der Waals surface area contributed by atoms with Gasteiger partial charge in [-0.05, 0) is 20.8 Å². The lowest BCUT2D eigenvalue weighted by molar-refractivity contribution is -0.132. The van der Waals surface area contributed by atoms with E-state index in [0.29, 0.717) is 6.54 Å². The Bertz CT molecular complexity index is 417. The standard InChI is InChI=1S/C12H25N3O4S.ClH/c1-10(2)19-6-7-20(17,18)14-9-12(16)15-5-4-13-8-11(15)3;/h10-11,13-14H,4-9H2,1-3H3;1H/t11-;/m0./s1. The van der Waals surface area contributed by atoms with Gasteiger partial charge in [-0.15, -0.1) is 12.4 Å². The van der Waals surface area contributed by atoms with E-state index in [2.05, 4.69) is 10.0 Å². The van der Waals surface area contributed by atoms with Crippen LogP contribution in [0.2, 0.25) is 0 Å². The maximum absolute atomic E-state index is 12.0. The van der Waals surface area contributed by atoms with E-state index < -0.39 is 10.0 Å². The Kier molecular flexibility index (Phi) is 9.39. The summed E-state index contributed by atoms with van der Waals surface area (Å²) in [5, 5.41) is 3.18. The molecule has 1 rings (SSSR count). The topological polar surface area (TPSA) is 87.7 Å². The number of halogens is 1. The van der Waals surface area contributed by atoms with Gasteiger partial charge in [0.2, 0.25) is 15.9 Å². The first kappa shape index (κ1) is 20.6. The quantitative estimate of drug-likeness (QED) is 0.655.